The lowest BCUT2D eigenvalue weighted by atomic mass is 10.2. The van der Waals surface area contributed by atoms with E-state index in [0.717, 1.165) is 5.56 Å². The Labute approximate surface area is 180 Å². The number of nitrogens with one attached hydrogen (secondary N) is 1. The predicted octanol–water partition coefficient (Wildman–Crippen LogP) is 5.05. The fourth-order valence-electron chi connectivity index (χ4n) is 2.88. The van der Waals surface area contributed by atoms with Crippen molar-refractivity contribution in [3.8, 4) is 5.75 Å². The SMILES string of the molecule is CCOc1ccc(S(=O)(=O)Nc2c(C)nn(Cc3ccc(Cl)cc3Cl)c2C)cc1. The number of rotatable bonds is 7. The summed E-state index contributed by atoms with van der Waals surface area (Å²) in [6.45, 7) is 6.34. The molecule has 0 spiro atoms. The number of sulfonamides is 1. The number of aromatic nitrogens is 2. The van der Waals surface area contributed by atoms with Crippen LogP contribution in [0.2, 0.25) is 10.0 Å². The van der Waals surface area contributed by atoms with Gasteiger partial charge in [0.05, 0.1) is 35.1 Å². The van der Waals surface area contributed by atoms with Crippen molar-refractivity contribution in [3.05, 3.63) is 69.5 Å². The summed E-state index contributed by atoms with van der Waals surface area (Å²) in [6.07, 6.45) is 0. The highest BCUT2D eigenvalue weighted by Gasteiger charge is 2.20. The van der Waals surface area contributed by atoms with Gasteiger partial charge < -0.3 is 4.74 Å². The maximum atomic E-state index is 12.8. The molecule has 1 N–H and O–H groups in total. The summed E-state index contributed by atoms with van der Waals surface area (Å²) >= 11 is 12.2. The number of hydrogen-bond donors (Lipinski definition) is 1. The highest BCUT2D eigenvalue weighted by Crippen LogP contribution is 2.27. The molecule has 0 fully saturated rings. The third kappa shape index (κ3) is 4.86. The smallest absolute Gasteiger partial charge is 0.262 e. The summed E-state index contributed by atoms with van der Waals surface area (Å²) in [6, 6.07) is 11.5. The van der Waals surface area contributed by atoms with Crippen LogP contribution in [-0.4, -0.2) is 24.8 Å². The third-order valence-corrected chi connectivity index (χ3v) is 6.35. The minimum Gasteiger partial charge on any atom is -0.494 e. The zero-order valence-electron chi connectivity index (χ0n) is 16.2. The molecule has 0 saturated heterocycles. The van der Waals surface area contributed by atoms with Crippen molar-refractivity contribution in [2.24, 2.45) is 0 Å². The number of aryl methyl sites for hydroxylation is 1. The first kappa shape index (κ1) is 21.5. The van der Waals surface area contributed by atoms with Gasteiger partial charge >= 0.3 is 0 Å². The van der Waals surface area contributed by atoms with Gasteiger partial charge in [-0.15, -0.1) is 0 Å². The van der Waals surface area contributed by atoms with Crippen molar-refractivity contribution in [2.75, 3.05) is 11.3 Å². The summed E-state index contributed by atoms with van der Waals surface area (Å²) in [5.74, 6) is 0.617. The monoisotopic (exact) mass is 453 g/mol. The fourth-order valence-corrected chi connectivity index (χ4v) is 4.53. The third-order valence-electron chi connectivity index (χ3n) is 4.40. The molecule has 3 aromatic rings. The zero-order valence-corrected chi connectivity index (χ0v) is 18.6. The average molecular weight is 454 g/mol. The number of nitrogens with zero attached hydrogens (tertiary/aromatic N) is 2. The van der Waals surface area contributed by atoms with E-state index in [-0.39, 0.29) is 4.90 Å². The Balaban J connectivity index is 1.86. The second-order valence-corrected chi connectivity index (χ2v) is 8.98. The average Bonchev–Trinajstić information content (AvgIpc) is 2.92. The minimum absolute atomic E-state index is 0.147. The minimum atomic E-state index is -3.77. The van der Waals surface area contributed by atoms with E-state index < -0.39 is 10.0 Å². The highest BCUT2D eigenvalue weighted by atomic mass is 35.5. The van der Waals surface area contributed by atoms with E-state index in [1.54, 1.807) is 42.8 Å². The van der Waals surface area contributed by atoms with E-state index in [2.05, 4.69) is 9.82 Å². The number of anilines is 1. The van der Waals surface area contributed by atoms with Gasteiger partial charge in [0, 0.05) is 10.0 Å². The number of halogens is 2. The summed E-state index contributed by atoms with van der Waals surface area (Å²) in [7, 11) is -3.77. The van der Waals surface area contributed by atoms with Crippen molar-refractivity contribution in [1.29, 1.82) is 0 Å². The molecule has 0 aliphatic heterocycles. The molecule has 9 heteroatoms. The first-order chi connectivity index (χ1) is 13.7. The molecule has 0 radical (unpaired) electrons. The quantitative estimate of drug-likeness (QED) is 0.542. The lowest BCUT2D eigenvalue weighted by molar-refractivity contribution is 0.340. The van der Waals surface area contributed by atoms with E-state index in [4.69, 9.17) is 27.9 Å². The second kappa shape index (κ2) is 8.65. The summed E-state index contributed by atoms with van der Waals surface area (Å²) in [4.78, 5) is 0.147. The van der Waals surface area contributed by atoms with Crippen LogP contribution in [0.25, 0.3) is 0 Å². The molecule has 0 amide bonds. The van der Waals surface area contributed by atoms with Crippen LogP contribution in [0.3, 0.4) is 0 Å². The highest BCUT2D eigenvalue weighted by molar-refractivity contribution is 7.92. The standard InChI is InChI=1S/C20H21Cl2N3O3S/c1-4-28-17-7-9-18(10-8-17)29(26,27)24-20-13(2)23-25(14(20)3)12-15-5-6-16(21)11-19(15)22/h5-11,24H,4,12H2,1-3H3. The van der Waals surface area contributed by atoms with Gasteiger partial charge in [0.25, 0.3) is 10.0 Å². The molecule has 0 atom stereocenters. The summed E-state index contributed by atoms with van der Waals surface area (Å²) < 4.78 is 35.3. The van der Waals surface area contributed by atoms with Gasteiger partial charge in [-0.05, 0) is 62.7 Å². The Morgan fingerprint density at radius 1 is 1.10 bits per heavy atom. The topological polar surface area (TPSA) is 73.2 Å². The van der Waals surface area contributed by atoms with Gasteiger partial charge in [0.2, 0.25) is 0 Å². The maximum Gasteiger partial charge on any atom is 0.262 e. The normalized spacial score (nSPS) is 11.5. The Morgan fingerprint density at radius 2 is 1.79 bits per heavy atom. The molecular weight excluding hydrogens is 433 g/mol. The van der Waals surface area contributed by atoms with Gasteiger partial charge in [-0.2, -0.15) is 5.10 Å². The molecule has 0 bridgehead atoms. The van der Waals surface area contributed by atoms with Gasteiger partial charge in [-0.3, -0.25) is 9.40 Å². The van der Waals surface area contributed by atoms with Crippen LogP contribution in [0, 0.1) is 13.8 Å². The van der Waals surface area contributed by atoms with Crippen LogP contribution in [0.4, 0.5) is 5.69 Å². The molecule has 2 aromatic carbocycles. The lowest BCUT2D eigenvalue weighted by Crippen LogP contribution is -2.14. The number of hydrogen-bond acceptors (Lipinski definition) is 4. The Bertz CT molecular complexity index is 1130. The molecule has 0 saturated carbocycles. The van der Waals surface area contributed by atoms with Crippen LogP contribution in [0.1, 0.15) is 23.9 Å². The first-order valence-electron chi connectivity index (χ1n) is 8.95. The largest absolute Gasteiger partial charge is 0.494 e. The summed E-state index contributed by atoms with van der Waals surface area (Å²) in [5.41, 5.74) is 2.54. The van der Waals surface area contributed by atoms with Crippen molar-refractivity contribution < 1.29 is 13.2 Å². The van der Waals surface area contributed by atoms with Gasteiger partial charge in [0.15, 0.2) is 0 Å². The van der Waals surface area contributed by atoms with Gasteiger partial charge in [-0.25, -0.2) is 8.42 Å². The Morgan fingerprint density at radius 3 is 2.41 bits per heavy atom. The lowest BCUT2D eigenvalue weighted by Gasteiger charge is -2.10. The van der Waals surface area contributed by atoms with Crippen LogP contribution in [0.5, 0.6) is 5.75 Å². The van der Waals surface area contributed by atoms with E-state index in [9.17, 15) is 8.42 Å². The van der Waals surface area contributed by atoms with Gasteiger partial charge in [-0.1, -0.05) is 29.3 Å². The van der Waals surface area contributed by atoms with Crippen LogP contribution < -0.4 is 9.46 Å². The van der Waals surface area contributed by atoms with Crippen LogP contribution >= 0.6 is 23.2 Å². The molecule has 1 heterocycles. The molecule has 1 aromatic heterocycles. The maximum absolute atomic E-state index is 12.8. The van der Waals surface area contributed by atoms with Crippen molar-refractivity contribution in [1.82, 2.24) is 9.78 Å². The molecule has 0 unspecified atom stereocenters. The van der Waals surface area contributed by atoms with Crippen molar-refractivity contribution >= 4 is 38.9 Å². The molecule has 29 heavy (non-hydrogen) atoms. The first-order valence-corrected chi connectivity index (χ1v) is 11.2. The van der Waals surface area contributed by atoms with E-state index in [0.29, 0.717) is 46.0 Å². The Kier molecular flexibility index (Phi) is 6.41. The van der Waals surface area contributed by atoms with E-state index in [1.165, 1.54) is 12.1 Å². The van der Waals surface area contributed by atoms with Crippen LogP contribution in [-0.2, 0) is 16.6 Å². The molecule has 3 rings (SSSR count). The number of benzene rings is 2. The van der Waals surface area contributed by atoms with E-state index in [1.807, 2.05) is 13.0 Å². The van der Waals surface area contributed by atoms with Crippen molar-refractivity contribution in [2.45, 2.75) is 32.2 Å². The molecular formula is C20H21Cl2N3O3S. The second-order valence-electron chi connectivity index (χ2n) is 6.45. The van der Waals surface area contributed by atoms with Gasteiger partial charge in [0.1, 0.15) is 5.75 Å². The number of ether oxygens (including phenoxy) is 1. The predicted molar refractivity (Wildman–Crippen MR) is 116 cm³/mol. The fraction of sp³-hybridized carbons (Fsp3) is 0.250. The summed E-state index contributed by atoms with van der Waals surface area (Å²) in [5, 5.41) is 5.54. The molecule has 6 nitrogen and oxygen atoms in total. The molecule has 154 valence electrons. The Hall–Kier alpha value is -2.22. The zero-order chi connectivity index (χ0) is 21.2. The van der Waals surface area contributed by atoms with Crippen molar-refractivity contribution in [3.63, 3.8) is 0 Å². The van der Waals surface area contributed by atoms with Crippen LogP contribution in [0.15, 0.2) is 47.4 Å². The molecule has 0 aliphatic rings. The van der Waals surface area contributed by atoms with E-state index >= 15 is 0 Å². The molecule has 0 aliphatic carbocycles.